The van der Waals surface area contributed by atoms with E-state index >= 15 is 0 Å². The Balaban J connectivity index is 0.799. The highest BCUT2D eigenvalue weighted by atomic mass is 32.2. The highest BCUT2D eigenvalue weighted by Crippen LogP contribution is 2.42. The Kier molecular flexibility index (Phi) is 9.34. The number of aromatic nitrogens is 5. The van der Waals surface area contributed by atoms with Gasteiger partial charge in [0.1, 0.15) is 0 Å². The predicted molar refractivity (Wildman–Crippen MR) is 293 cm³/mol. The Morgan fingerprint density at radius 1 is 0.343 bits per heavy atom. The van der Waals surface area contributed by atoms with Crippen molar-refractivity contribution in [3.63, 3.8) is 0 Å². The van der Waals surface area contributed by atoms with Crippen LogP contribution in [0.3, 0.4) is 0 Å². The first-order chi connectivity index (χ1) is 34.5. The van der Waals surface area contributed by atoms with E-state index in [0.717, 1.165) is 28.1 Å². The summed E-state index contributed by atoms with van der Waals surface area (Å²) in [4.78, 5) is 10.6. The fourth-order valence-corrected chi connectivity index (χ4v) is 15.7. The van der Waals surface area contributed by atoms with Gasteiger partial charge in [0.15, 0.2) is 0 Å². The first-order valence-electron chi connectivity index (χ1n) is 23.5. The fraction of sp³-hybridized carbons (Fsp3) is 0.0169. The Morgan fingerprint density at radius 3 is 1.26 bits per heavy atom. The average molecular weight is 966 g/mol. The molecule has 0 fully saturated rings. The first kappa shape index (κ1) is 40.8. The van der Waals surface area contributed by atoms with Gasteiger partial charge < -0.3 is 4.57 Å². The van der Waals surface area contributed by atoms with Crippen LogP contribution in [-0.2, 0) is 7.05 Å². The van der Waals surface area contributed by atoms with Crippen LogP contribution in [-0.4, -0.2) is 37.6 Å². The lowest BCUT2D eigenvalue weighted by atomic mass is 9.36. The zero-order chi connectivity index (χ0) is 46.0. The number of hydrogen-bond acceptors (Lipinski definition) is 6. The molecule has 0 saturated heterocycles. The molecule has 0 amide bonds. The maximum absolute atomic E-state index is 4.86. The van der Waals surface area contributed by atoms with Crippen LogP contribution in [0.2, 0.25) is 0 Å². The molecular formula is C59H37B2N5S4. The second-order valence-electron chi connectivity index (χ2n) is 18.4. The van der Waals surface area contributed by atoms with Gasteiger partial charge in [-0.1, -0.05) is 166 Å². The smallest absolute Gasteiger partial charge is 0.247 e. The summed E-state index contributed by atoms with van der Waals surface area (Å²) in [6.45, 7) is 0.206. The molecule has 0 saturated carbocycles. The van der Waals surface area contributed by atoms with Crippen LogP contribution in [0.1, 0.15) is 0 Å². The molecule has 70 heavy (non-hydrogen) atoms. The SMILES string of the molecule is Cn1cc(-c2ccc3c(c2)B2c4cc(-n5cc(-c6ccccc6)cn5)ccc4Sc4cccc(c42)S3)cc1-c1ccc2c(c1)B1c3cc(-n4cc(-c5ccccc5)cn4)ccc3Sc3cccc(c31)S2. The third-order valence-electron chi connectivity index (χ3n) is 14.3. The van der Waals surface area contributed by atoms with Gasteiger partial charge in [-0.15, -0.1) is 0 Å². The van der Waals surface area contributed by atoms with Crippen molar-refractivity contribution in [2.45, 2.75) is 39.2 Å². The summed E-state index contributed by atoms with van der Waals surface area (Å²) in [5.41, 5.74) is 19.8. The van der Waals surface area contributed by atoms with Crippen LogP contribution < -0.4 is 32.8 Å². The highest BCUT2D eigenvalue weighted by molar-refractivity contribution is 8.02. The lowest BCUT2D eigenvalue weighted by molar-refractivity contribution is 0.880. The molecule has 0 unspecified atom stereocenters. The van der Waals surface area contributed by atoms with Crippen molar-refractivity contribution in [1.82, 2.24) is 24.1 Å². The van der Waals surface area contributed by atoms with Crippen molar-refractivity contribution < 1.29 is 0 Å². The number of benzene rings is 8. The van der Waals surface area contributed by atoms with Crippen LogP contribution >= 0.6 is 47.0 Å². The van der Waals surface area contributed by atoms with Crippen molar-refractivity contribution in [3.05, 3.63) is 207 Å². The molecule has 0 aliphatic carbocycles. The van der Waals surface area contributed by atoms with Crippen molar-refractivity contribution in [3.8, 4) is 56.0 Å². The van der Waals surface area contributed by atoms with Crippen LogP contribution in [0.4, 0.5) is 0 Å². The summed E-state index contributed by atoms with van der Waals surface area (Å²) in [6, 6.07) is 65.1. The van der Waals surface area contributed by atoms with Crippen LogP contribution in [0.5, 0.6) is 0 Å². The van der Waals surface area contributed by atoms with Gasteiger partial charge in [0.05, 0.1) is 23.8 Å². The Labute approximate surface area is 423 Å². The summed E-state index contributed by atoms with van der Waals surface area (Å²) >= 11 is 7.58. The van der Waals surface area contributed by atoms with Crippen molar-refractivity contribution in [2.24, 2.45) is 7.05 Å². The van der Waals surface area contributed by atoms with E-state index in [0.29, 0.717) is 0 Å². The third-order valence-corrected chi connectivity index (χ3v) is 19.0. The number of hydrogen-bond donors (Lipinski definition) is 0. The van der Waals surface area contributed by atoms with Gasteiger partial charge in [-0.3, -0.25) is 0 Å². The van der Waals surface area contributed by atoms with E-state index in [1.807, 2.05) is 68.8 Å². The molecule has 11 aromatic rings. The fourth-order valence-electron chi connectivity index (χ4n) is 11.0. The van der Waals surface area contributed by atoms with Crippen molar-refractivity contribution >= 4 is 93.2 Å². The Hall–Kier alpha value is -7.01. The lowest BCUT2D eigenvalue weighted by Crippen LogP contribution is -2.58. The molecule has 328 valence electrons. The predicted octanol–water partition coefficient (Wildman–Crippen LogP) is 11.0. The molecule has 8 aromatic carbocycles. The Morgan fingerprint density at radius 2 is 0.771 bits per heavy atom. The van der Waals surface area contributed by atoms with Gasteiger partial charge in [-0.05, 0) is 118 Å². The van der Waals surface area contributed by atoms with Gasteiger partial charge >= 0.3 is 0 Å². The van der Waals surface area contributed by atoms with E-state index in [1.54, 1.807) is 0 Å². The number of rotatable bonds is 6. The standard InChI is InChI=1S/C59H37B2N5S4/c1-64-33-40(38-18-22-50-45(26-38)60-47-29-43(65-34-41(31-62-65)36-10-4-2-5-11-36)20-24-52(47)69-56-16-8-14-54(67-50)58(56)60)28-49(64)39-19-23-51-46(27-39)61-48-30-44(66-35-42(32-63-66)37-12-6-3-7-13-37)21-25-53(48)70-57-17-9-15-55(68-51)59(57)61/h2-35H,1H3. The maximum Gasteiger partial charge on any atom is 0.247 e. The quantitative estimate of drug-likeness (QED) is 0.155. The second kappa shape index (κ2) is 16.0. The van der Waals surface area contributed by atoms with Crippen LogP contribution in [0, 0.1) is 0 Å². The summed E-state index contributed by atoms with van der Waals surface area (Å²) < 4.78 is 6.36. The summed E-state index contributed by atoms with van der Waals surface area (Å²) in [5, 5.41) is 9.71. The molecule has 7 heterocycles. The minimum Gasteiger partial charge on any atom is -0.350 e. The summed E-state index contributed by atoms with van der Waals surface area (Å²) in [5.74, 6) is 0. The normalized spacial score (nSPS) is 13.5. The number of nitrogens with zero attached hydrogens (tertiary/aromatic N) is 5. The monoisotopic (exact) mass is 965 g/mol. The maximum atomic E-state index is 4.86. The van der Waals surface area contributed by atoms with Crippen LogP contribution in [0.25, 0.3) is 56.0 Å². The summed E-state index contributed by atoms with van der Waals surface area (Å²) in [7, 11) is 2.19. The van der Waals surface area contributed by atoms with Gasteiger partial charge in [-0.2, -0.15) is 10.2 Å². The van der Waals surface area contributed by atoms with E-state index in [2.05, 4.69) is 206 Å². The zero-order valence-corrected chi connectivity index (χ0v) is 40.9. The molecule has 0 N–H and O–H groups in total. The number of aryl methyl sites for hydroxylation is 1. The van der Waals surface area contributed by atoms with Gasteiger partial charge in [0.2, 0.25) is 13.4 Å². The minimum absolute atomic E-state index is 0.102. The zero-order valence-electron chi connectivity index (χ0n) is 37.7. The molecule has 4 aliphatic heterocycles. The Bertz CT molecular complexity index is 3930. The molecule has 3 aromatic heterocycles. The van der Waals surface area contributed by atoms with E-state index in [1.165, 1.54) is 99.9 Å². The summed E-state index contributed by atoms with van der Waals surface area (Å²) in [6.07, 6.45) is 10.5. The van der Waals surface area contributed by atoms with E-state index in [-0.39, 0.29) is 13.4 Å². The highest BCUT2D eigenvalue weighted by Gasteiger charge is 2.40. The average Bonchev–Trinajstić information content (AvgIpc) is 4.20. The molecule has 0 spiro atoms. The third kappa shape index (κ3) is 6.55. The topological polar surface area (TPSA) is 40.6 Å². The van der Waals surface area contributed by atoms with Gasteiger partial charge in [0.25, 0.3) is 0 Å². The minimum atomic E-state index is 0.102. The van der Waals surface area contributed by atoms with E-state index in [9.17, 15) is 0 Å². The number of fused-ring (bicyclic) bond motifs is 8. The first-order valence-corrected chi connectivity index (χ1v) is 26.7. The second-order valence-corrected chi connectivity index (χ2v) is 22.7. The molecule has 5 nitrogen and oxygen atoms in total. The van der Waals surface area contributed by atoms with Crippen molar-refractivity contribution in [2.75, 3.05) is 0 Å². The molecule has 0 radical (unpaired) electrons. The largest absolute Gasteiger partial charge is 0.350 e. The van der Waals surface area contributed by atoms with E-state index < -0.39 is 0 Å². The lowest BCUT2D eigenvalue weighted by Gasteiger charge is -2.33. The van der Waals surface area contributed by atoms with Crippen LogP contribution in [0.15, 0.2) is 246 Å². The van der Waals surface area contributed by atoms with Crippen molar-refractivity contribution in [1.29, 1.82) is 0 Å². The molecule has 4 aliphatic rings. The molecule has 0 bridgehead atoms. The molecule has 11 heteroatoms. The molecule has 15 rings (SSSR count). The molecule has 0 atom stereocenters. The van der Waals surface area contributed by atoms with Gasteiger partial charge in [-0.25, -0.2) is 9.36 Å². The van der Waals surface area contributed by atoms with E-state index in [4.69, 9.17) is 10.2 Å². The molecular weight excluding hydrogens is 929 g/mol. The van der Waals surface area contributed by atoms with Gasteiger partial charge in [0, 0.05) is 81.6 Å².